The third kappa shape index (κ3) is 2.81. The molecule has 2 N–H and O–H groups in total. The summed E-state index contributed by atoms with van der Waals surface area (Å²) in [5, 5.41) is 0.172. The van der Waals surface area contributed by atoms with Crippen LogP contribution in [0.1, 0.15) is 38.4 Å². The van der Waals surface area contributed by atoms with Gasteiger partial charge in [0.2, 0.25) is 11.2 Å². The average molecular weight is 201 g/mol. The zero-order valence-electron chi connectivity index (χ0n) is 7.79. The molecule has 1 unspecified atom stereocenters. The van der Waals surface area contributed by atoms with Crippen LogP contribution in [0.5, 0.6) is 0 Å². The predicted octanol–water partition coefficient (Wildman–Crippen LogP) is 2.01. The summed E-state index contributed by atoms with van der Waals surface area (Å²) in [6.45, 7) is 4.16. The fourth-order valence-electron chi connectivity index (χ4n) is 1.16. The van der Waals surface area contributed by atoms with Gasteiger partial charge in [-0.3, -0.25) is 0 Å². The fraction of sp³-hybridized carbons (Fsp3) is 0.625. The van der Waals surface area contributed by atoms with Crippen molar-refractivity contribution >= 4 is 17.5 Å². The summed E-state index contributed by atoms with van der Waals surface area (Å²) in [6, 6.07) is 0. The highest BCUT2D eigenvalue weighted by Crippen LogP contribution is 2.17. The second-order valence-corrected chi connectivity index (χ2v) is 3.35. The molecule has 0 aliphatic rings. The minimum atomic E-state index is 0.172. The van der Waals surface area contributed by atoms with E-state index in [0.717, 1.165) is 12.8 Å². The smallest absolute Gasteiger partial charge is 0.227 e. The third-order valence-corrected chi connectivity index (χ3v) is 1.97. The van der Waals surface area contributed by atoms with Crippen molar-refractivity contribution < 1.29 is 0 Å². The molecule has 13 heavy (non-hydrogen) atoms. The van der Waals surface area contributed by atoms with E-state index in [0.29, 0.717) is 5.82 Å². The van der Waals surface area contributed by atoms with Crippen molar-refractivity contribution in [1.29, 1.82) is 0 Å². The molecule has 0 aliphatic carbocycles. The molecular weight excluding hydrogens is 188 g/mol. The topological polar surface area (TPSA) is 64.7 Å². The van der Waals surface area contributed by atoms with Gasteiger partial charge in [0.1, 0.15) is 5.82 Å². The molecular formula is C8H13ClN4. The number of nitrogens with zero attached hydrogens (tertiary/aromatic N) is 3. The highest BCUT2D eigenvalue weighted by Gasteiger charge is 2.09. The highest BCUT2D eigenvalue weighted by atomic mass is 35.5. The van der Waals surface area contributed by atoms with Crippen molar-refractivity contribution in [1.82, 2.24) is 15.0 Å². The summed E-state index contributed by atoms with van der Waals surface area (Å²) >= 11 is 5.65. The van der Waals surface area contributed by atoms with Crippen LogP contribution in [-0.4, -0.2) is 15.0 Å². The monoisotopic (exact) mass is 200 g/mol. The van der Waals surface area contributed by atoms with Crippen molar-refractivity contribution in [3.05, 3.63) is 11.1 Å². The second kappa shape index (κ2) is 4.37. The predicted molar refractivity (Wildman–Crippen MR) is 52.6 cm³/mol. The van der Waals surface area contributed by atoms with E-state index in [1.807, 2.05) is 0 Å². The molecule has 1 heterocycles. The van der Waals surface area contributed by atoms with Crippen molar-refractivity contribution in [2.75, 3.05) is 5.73 Å². The summed E-state index contributed by atoms with van der Waals surface area (Å²) in [6.07, 6.45) is 2.12. The Bertz CT molecular complexity index is 269. The lowest BCUT2D eigenvalue weighted by Crippen LogP contribution is -2.06. The molecule has 1 atom stereocenters. The molecule has 72 valence electrons. The van der Waals surface area contributed by atoms with Crippen LogP contribution < -0.4 is 5.73 Å². The highest BCUT2D eigenvalue weighted by molar-refractivity contribution is 6.28. The van der Waals surface area contributed by atoms with Crippen molar-refractivity contribution in [2.24, 2.45) is 0 Å². The maximum absolute atomic E-state index is 5.65. The minimum absolute atomic E-state index is 0.172. The van der Waals surface area contributed by atoms with Crippen LogP contribution in [0.25, 0.3) is 0 Å². The van der Waals surface area contributed by atoms with Crippen molar-refractivity contribution in [3.63, 3.8) is 0 Å². The SMILES string of the molecule is CCCC(C)c1nc(N)nc(Cl)n1. The lowest BCUT2D eigenvalue weighted by Gasteiger charge is -2.08. The van der Waals surface area contributed by atoms with Gasteiger partial charge in [0, 0.05) is 5.92 Å². The van der Waals surface area contributed by atoms with Crippen LogP contribution in [0.3, 0.4) is 0 Å². The Kier molecular flexibility index (Phi) is 3.42. The number of aromatic nitrogens is 3. The van der Waals surface area contributed by atoms with E-state index in [9.17, 15) is 0 Å². The lowest BCUT2D eigenvalue weighted by molar-refractivity contribution is 0.624. The molecule has 0 aromatic carbocycles. The van der Waals surface area contributed by atoms with Gasteiger partial charge >= 0.3 is 0 Å². The molecule has 0 aliphatic heterocycles. The summed E-state index contributed by atoms with van der Waals surface area (Å²) in [5.74, 6) is 1.16. The van der Waals surface area contributed by atoms with Crippen LogP contribution in [-0.2, 0) is 0 Å². The van der Waals surface area contributed by atoms with Crippen LogP contribution in [0.2, 0.25) is 5.28 Å². The molecule has 0 radical (unpaired) electrons. The van der Waals surface area contributed by atoms with E-state index < -0.39 is 0 Å². The molecule has 0 bridgehead atoms. The Morgan fingerprint density at radius 3 is 2.62 bits per heavy atom. The van der Waals surface area contributed by atoms with E-state index in [1.54, 1.807) is 0 Å². The zero-order valence-corrected chi connectivity index (χ0v) is 8.54. The van der Waals surface area contributed by atoms with E-state index >= 15 is 0 Å². The molecule has 4 nitrogen and oxygen atoms in total. The average Bonchev–Trinajstić information content (AvgIpc) is 2.03. The molecule has 0 spiro atoms. The number of halogens is 1. The molecule has 1 aromatic heterocycles. The Morgan fingerprint density at radius 2 is 2.08 bits per heavy atom. The van der Waals surface area contributed by atoms with Gasteiger partial charge in [-0.2, -0.15) is 9.97 Å². The van der Waals surface area contributed by atoms with Crippen LogP contribution in [0.15, 0.2) is 0 Å². The zero-order chi connectivity index (χ0) is 9.84. The molecule has 0 saturated carbocycles. The number of nitrogens with two attached hydrogens (primary N) is 1. The summed E-state index contributed by atoms with van der Waals surface area (Å²) < 4.78 is 0. The van der Waals surface area contributed by atoms with E-state index in [1.165, 1.54) is 0 Å². The van der Waals surface area contributed by atoms with Gasteiger partial charge in [0.05, 0.1) is 0 Å². The van der Waals surface area contributed by atoms with Crippen LogP contribution >= 0.6 is 11.6 Å². The number of nitrogen functional groups attached to an aromatic ring is 1. The van der Waals surface area contributed by atoms with Gasteiger partial charge in [-0.15, -0.1) is 0 Å². The van der Waals surface area contributed by atoms with Gasteiger partial charge in [-0.1, -0.05) is 20.3 Å². The largest absolute Gasteiger partial charge is 0.368 e. The molecule has 0 fully saturated rings. The molecule has 1 aromatic rings. The van der Waals surface area contributed by atoms with Crippen molar-refractivity contribution in [2.45, 2.75) is 32.6 Å². The second-order valence-electron chi connectivity index (χ2n) is 3.01. The third-order valence-electron chi connectivity index (χ3n) is 1.81. The molecule has 0 amide bonds. The standard InChI is InChI=1S/C8H13ClN4/c1-3-4-5(2)6-11-7(9)13-8(10)12-6/h5H,3-4H2,1-2H3,(H2,10,11,12,13). The summed E-state index contributed by atoms with van der Waals surface area (Å²) in [7, 11) is 0. The Labute approximate surface area is 82.6 Å². The number of rotatable bonds is 3. The maximum atomic E-state index is 5.65. The first-order valence-electron chi connectivity index (χ1n) is 4.30. The number of hydrogen-bond acceptors (Lipinski definition) is 4. The Balaban J connectivity index is 2.87. The number of hydrogen-bond donors (Lipinski definition) is 1. The van der Waals surface area contributed by atoms with Gasteiger partial charge in [0.25, 0.3) is 0 Å². The van der Waals surface area contributed by atoms with Crippen molar-refractivity contribution in [3.8, 4) is 0 Å². The first-order chi connectivity index (χ1) is 6.13. The summed E-state index contributed by atoms with van der Waals surface area (Å²) in [5.41, 5.74) is 5.45. The van der Waals surface area contributed by atoms with Gasteiger partial charge in [-0.25, -0.2) is 4.98 Å². The Hall–Kier alpha value is -0.900. The van der Waals surface area contributed by atoms with E-state index in [4.69, 9.17) is 17.3 Å². The van der Waals surface area contributed by atoms with Crippen LogP contribution in [0, 0.1) is 0 Å². The minimum Gasteiger partial charge on any atom is -0.368 e. The first-order valence-corrected chi connectivity index (χ1v) is 4.68. The fourth-order valence-corrected chi connectivity index (χ4v) is 1.34. The van der Waals surface area contributed by atoms with E-state index in [-0.39, 0.29) is 17.1 Å². The summed E-state index contributed by atoms with van der Waals surface area (Å²) in [4.78, 5) is 11.7. The van der Waals surface area contributed by atoms with Crippen LogP contribution in [0.4, 0.5) is 5.95 Å². The normalized spacial score (nSPS) is 12.8. The molecule has 1 rings (SSSR count). The quantitative estimate of drug-likeness (QED) is 0.811. The number of anilines is 1. The van der Waals surface area contributed by atoms with Gasteiger partial charge in [-0.05, 0) is 18.0 Å². The molecule has 0 saturated heterocycles. The lowest BCUT2D eigenvalue weighted by atomic mass is 10.1. The van der Waals surface area contributed by atoms with Gasteiger partial charge < -0.3 is 5.73 Å². The van der Waals surface area contributed by atoms with E-state index in [2.05, 4.69) is 28.8 Å². The first kappa shape index (κ1) is 10.2. The molecule has 5 heteroatoms. The van der Waals surface area contributed by atoms with Gasteiger partial charge in [0.15, 0.2) is 0 Å². The Morgan fingerprint density at radius 1 is 1.38 bits per heavy atom. The maximum Gasteiger partial charge on any atom is 0.227 e.